The highest BCUT2D eigenvalue weighted by molar-refractivity contribution is 5.98. The number of carbonyl (C=O) groups is 1. The molecule has 1 aliphatic carbocycles. The Morgan fingerprint density at radius 3 is 2.69 bits per heavy atom. The zero-order valence-electron chi connectivity index (χ0n) is 17.5. The third-order valence-electron chi connectivity index (χ3n) is 6.45. The van der Waals surface area contributed by atoms with Gasteiger partial charge in [0.25, 0.3) is 5.91 Å². The molecule has 3 heterocycles. The number of carbonyl (C=O) groups excluding carboxylic acids is 1. The fourth-order valence-corrected chi connectivity index (χ4v) is 4.69. The Morgan fingerprint density at radius 1 is 1.09 bits per heavy atom. The average molecular weight is 430 g/mol. The molecule has 0 saturated heterocycles. The molecule has 0 bridgehead atoms. The lowest BCUT2D eigenvalue weighted by Crippen LogP contribution is -2.24. The number of fused-ring (bicyclic) bond motifs is 2. The molecule has 1 amide bonds. The van der Waals surface area contributed by atoms with Gasteiger partial charge in [-0.1, -0.05) is 18.2 Å². The van der Waals surface area contributed by atoms with Gasteiger partial charge in [-0.25, -0.2) is 9.07 Å². The van der Waals surface area contributed by atoms with E-state index in [1.54, 1.807) is 48.5 Å². The number of hydrogen-bond acceptors (Lipinski definition) is 3. The Kier molecular flexibility index (Phi) is 4.15. The minimum Gasteiger partial charge on any atom is -0.328 e. The van der Waals surface area contributed by atoms with Crippen LogP contribution in [-0.4, -0.2) is 25.6 Å². The summed E-state index contributed by atoms with van der Waals surface area (Å²) in [6, 6.07) is 12.3. The molecule has 0 spiro atoms. The summed E-state index contributed by atoms with van der Waals surface area (Å²) in [4.78, 5) is 18.7. The number of amides is 1. The summed E-state index contributed by atoms with van der Waals surface area (Å²) in [6.45, 7) is 0.569. The number of hydrogen-bond donors (Lipinski definition) is 0. The summed E-state index contributed by atoms with van der Waals surface area (Å²) < 4.78 is 31.5. The molecule has 2 aliphatic rings. The van der Waals surface area contributed by atoms with Gasteiger partial charge in [0.15, 0.2) is 0 Å². The molecule has 4 aromatic rings. The second kappa shape index (κ2) is 6.95. The standard InChI is InChI=1S/C25H20F2N4O/c1-30-24(27)23-16(4-2-6-21(23)29-30)15-10-18(14-7-8-14)19(20(26)11-15)12-31-13-22-17(25(31)32)5-3-9-28-22/h2-6,9-11,14H,7-8,12-13H2,1H3. The third kappa shape index (κ3) is 2.92. The van der Waals surface area contributed by atoms with Crippen molar-refractivity contribution in [1.82, 2.24) is 19.7 Å². The molecule has 0 radical (unpaired) electrons. The van der Waals surface area contributed by atoms with Gasteiger partial charge in [-0.2, -0.15) is 9.49 Å². The first-order chi connectivity index (χ1) is 15.5. The van der Waals surface area contributed by atoms with Crippen LogP contribution >= 0.6 is 0 Å². The van der Waals surface area contributed by atoms with Crippen LogP contribution < -0.4 is 0 Å². The smallest absolute Gasteiger partial charge is 0.256 e. The first-order valence-electron chi connectivity index (χ1n) is 10.7. The second-order valence-electron chi connectivity index (χ2n) is 8.57. The van der Waals surface area contributed by atoms with Gasteiger partial charge in [0, 0.05) is 25.4 Å². The van der Waals surface area contributed by atoms with Gasteiger partial charge in [-0.05, 0) is 59.7 Å². The van der Waals surface area contributed by atoms with Crippen LogP contribution in [0.2, 0.25) is 0 Å². The Labute approximate surface area is 183 Å². The molecule has 7 heteroatoms. The van der Waals surface area contributed by atoms with Crippen LogP contribution in [0, 0.1) is 11.8 Å². The quantitative estimate of drug-likeness (QED) is 0.461. The Morgan fingerprint density at radius 2 is 1.91 bits per heavy atom. The predicted molar refractivity (Wildman–Crippen MR) is 116 cm³/mol. The summed E-state index contributed by atoms with van der Waals surface area (Å²) >= 11 is 0. The van der Waals surface area contributed by atoms with E-state index in [0.29, 0.717) is 39.7 Å². The van der Waals surface area contributed by atoms with Gasteiger partial charge in [0.2, 0.25) is 5.95 Å². The number of rotatable bonds is 4. The van der Waals surface area contributed by atoms with E-state index in [0.717, 1.165) is 24.1 Å². The van der Waals surface area contributed by atoms with Crippen molar-refractivity contribution in [3.63, 3.8) is 0 Å². The van der Waals surface area contributed by atoms with E-state index < -0.39 is 5.95 Å². The first-order valence-corrected chi connectivity index (χ1v) is 10.7. The minimum atomic E-state index is -0.444. The van der Waals surface area contributed by atoms with Crippen LogP contribution in [0.3, 0.4) is 0 Å². The highest BCUT2D eigenvalue weighted by Crippen LogP contribution is 2.45. The van der Waals surface area contributed by atoms with Gasteiger partial charge < -0.3 is 4.90 Å². The van der Waals surface area contributed by atoms with Crippen molar-refractivity contribution in [2.45, 2.75) is 31.8 Å². The maximum absolute atomic E-state index is 15.5. The lowest BCUT2D eigenvalue weighted by molar-refractivity contribution is 0.0764. The molecule has 32 heavy (non-hydrogen) atoms. The van der Waals surface area contributed by atoms with Gasteiger partial charge in [-0.15, -0.1) is 0 Å². The molecule has 160 valence electrons. The number of aryl methyl sites for hydroxylation is 1. The lowest BCUT2D eigenvalue weighted by atomic mass is 9.94. The van der Waals surface area contributed by atoms with E-state index >= 15 is 4.39 Å². The van der Waals surface area contributed by atoms with E-state index in [4.69, 9.17) is 0 Å². The van der Waals surface area contributed by atoms with Crippen molar-refractivity contribution in [2.75, 3.05) is 0 Å². The van der Waals surface area contributed by atoms with Crippen molar-refractivity contribution in [3.05, 3.63) is 82.8 Å². The zero-order valence-corrected chi connectivity index (χ0v) is 17.5. The SMILES string of the molecule is Cn1nc2cccc(-c3cc(F)c(CN4Cc5ncccc5C4=O)c(C4CC4)c3)c2c1F. The van der Waals surface area contributed by atoms with E-state index in [-0.39, 0.29) is 24.2 Å². The molecule has 2 aromatic heterocycles. The van der Waals surface area contributed by atoms with Crippen LogP contribution in [0.15, 0.2) is 48.7 Å². The molecule has 0 N–H and O–H groups in total. The van der Waals surface area contributed by atoms with Crippen LogP contribution in [0.25, 0.3) is 22.0 Å². The predicted octanol–water partition coefficient (Wildman–Crippen LogP) is 4.95. The first kappa shape index (κ1) is 19.1. The molecule has 1 saturated carbocycles. The van der Waals surface area contributed by atoms with E-state index in [1.165, 1.54) is 10.7 Å². The average Bonchev–Trinajstić information content (AvgIpc) is 3.53. The molecule has 5 nitrogen and oxygen atoms in total. The van der Waals surface area contributed by atoms with E-state index in [9.17, 15) is 9.18 Å². The maximum Gasteiger partial charge on any atom is 0.256 e. The van der Waals surface area contributed by atoms with Crippen molar-refractivity contribution >= 4 is 16.8 Å². The largest absolute Gasteiger partial charge is 0.328 e. The molecule has 0 unspecified atom stereocenters. The molecular formula is C25H20F2N4O. The Hall–Kier alpha value is -3.61. The van der Waals surface area contributed by atoms with E-state index in [1.807, 2.05) is 6.07 Å². The van der Waals surface area contributed by atoms with Crippen molar-refractivity contribution in [2.24, 2.45) is 7.05 Å². The highest BCUT2D eigenvalue weighted by atomic mass is 19.1. The Bertz CT molecular complexity index is 1410. The third-order valence-corrected chi connectivity index (χ3v) is 6.45. The minimum absolute atomic E-state index is 0.125. The molecular weight excluding hydrogens is 410 g/mol. The molecule has 6 rings (SSSR count). The van der Waals surface area contributed by atoms with Crippen LogP contribution in [0.4, 0.5) is 8.78 Å². The fourth-order valence-electron chi connectivity index (χ4n) is 4.69. The normalized spacial score (nSPS) is 15.6. The summed E-state index contributed by atoms with van der Waals surface area (Å²) in [7, 11) is 1.55. The van der Waals surface area contributed by atoms with E-state index in [2.05, 4.69) is 10.1 Å². The highest BCUT2D eigenvalue weighted by Gasteiger charge is 2.33. The monoisotopic (exact) mass is 430 g/mol. The summed E-state index contributed by atoms with van der Waals surface area (Å²) in [6.07, 6.45) is 3.63. The number of halogens is 2. The summed E-state index contributed by atoms with van der Waals surface area (Å²) in [5, 5.41) is 4.59. The summed E-state index contributed by atoms with van der Waals surface area (Å²) in [5.41, 5.74) is 4.53. The zero-order chi connectivity index (χ0) is 22.0. The molecule has 0 atom stereocenters. The van der Waals surface area contributed by atoms with Crippen LogP contribution in [0.5, 0.6) is 0 Å². The molecule has 1 aliphatic heterocycles. The number of nitrogens with zero attached hydrogens (tertiary/aromatic N) is 4. The van der Waals surface area contributed by atoms with Crippen LogP contribution in [-0.2, 0) is 20.1 Å². The summed E-state index contributed by atoms with van der Waals surface area (Å²) in [5.74, 6) is -0.681. The van der Waals surface area contributed by atoms with Crippen molar-refractivity contribution in [1.29, 1.82) is 0 Å². The number of pyridine rings is 1. The lowest BCUT2D eigenvalue weighted by Gasteiger charge is -2.20. The second-order valence-corrected chi connectivity index (χ2v) is 8.57. The molecule has 1 fully saturated rings. The van der Waals surface area contributed by atoms with Gasteiger partial charge in [0.1, 0.15) is 5.82 Å². The Balaban J connectivity index is 1.43. The van der Waals surface area contributed by atoms with Crippen molar-refractivity contribution < 1.29 is 13.6 Å². The number of benzene rings is 2. The van der Waals surface area contributed by atoms with Crippen molar-refractivity contribution in [3.8, 4) is 11.1 Å². The number of aromatic nitrogens is 3. The van der Waals surface area contributed by atoms with Gasteiger partial charge in [-0.3, -0.25) is 9.78 Å². The van der Waals surface area contributed by atoms with Crippen LogP contribution in [0.1, 0.15) is 45.9 Å². The topological polar surface area (TPSA) is 51.0 Å². The van der Waals surface area contributed by atoms with Gasteiger partial charge >= 0.3 is 0 Å². The maximum atomic E-state index is 15.5. The van der Waals surface area contributed by atoms with Gasteiger partial charge in [0.05, 0.1) is 28.7 Å². The molecule has 2 aromatic carbocycles. The fraction of sp³-hybridized carbons (Fsp3) is 0.240.